The number of esters is 2. The molecule has 0 radical (unpaired) electrons. The van der Waals surface area contributed by atoms with Crippen molar-refractivity contribution in [1.29, 1.82) is 0 Å². The summed E-state index contributed by atoms with van der Waals surface area (Å²) in [6, 6.07) is 0. The lowest BCUT2D eigenvalue weighted by atomic mass is 10.1. The van der Waals surface area contributed by atoms with E-state index < -0.39 is 6.29 Å². The summed E-state index contributed by atoms with van der Waals surface area (Å²) in [6.45, 7) is 6.73. The summed E-state index contributed by atoms with van der Waals surface area (Å²) in [7, 11) is 0. The fourth-order valence-electron chi connectivity index (χ4n) is 5.33. The van der Waals surface area contributed by atoms with Crippen LogP contribution >= 0.6 is 0 Å². The standard InChI is InChI=1S/C36H70O4/c1-4-7-10-13-15-17-19-21-23-26-28-31-34(37)39-36(33-30-25-12-9-6-3)40-35(38)32-29-27-24-22-20-18-16-14-11-8-5-2/h36H,4-33H2,1-3H3. The largest absolute Gasteiger partial charge is 0.425 e. The fraction of sp³-hybridized carbons (Fsp3) is 0.944. The van der Waals surface area contributed by atoms with Crippen molar-refractivity contribution in [3.63, 3.8) is 0 Å². The van der Waals surface area contributed by atoms with Gasteiger partial charge < -0.3 is 9.47 Å². The molecule has 0 unspecified atom stereocenters. The molecule has 4 heteroatoms. The van der Waals surface area contributed by atoms with E-state index >= 15 is 0 Å². The summed E-state index contributed by atoms with van der Waals surface area (Å²) in [6.07, 6.45) is 34.1. The van der Waals surface area contributed by atoms with Crippen LogP contribution in [0.4, 0.5) is 0 Å². The van der Waals surface area contributed by atoms with Gasteiger partial charge in [0, 0.05) is 19.3 Å². The molecule has 0 aliphatic carbocycles. The first-order valence-corrected chi connectivity index (χ1v) is 18.0. The van der Waals surface area contributed by atoms with Crippen LogP contribution in [0.5, 0.6) is 0 Å². The molecule has 0 saturated heterocycles. The second kappa shape index (κ2) is 32.5. The predicted molar refractivity (Wildman–Crippen MR) is 172 cm³/mol. The van der Waals surface area contributed by atoms with Crippen LogP contribution in [-0.4, -0.2) is 18.2 Å². The average Bonchev–Trinajstić information content (AvgIpc) is 2.94. The molecule has 0 atom stereocenters. The molecule has 0 rings (SSSR count). The van der Waals surface area contributed by atoms with Crippen molar-refractivity contribution in [2.75, 3.05) is 0 Å². The second-order valence-corrected chi connectivity index (χ2v) is 12.2. The van der Waals surface area contributed by atoms with Gasteiger partial charge in [0.05, 0.1) is 0 Å². The van der Waals surface area contributed by atoms with E-state index in [1.807, 2.05) is 0 Å². The van der Waals surface area contributed by atoms with E-state index in [4.69, 9.17) is 9.47 Å². The third kappa shape index (κ3) is 29.9. The second-order valence-electron chi connectivity index (χ2n) is 12.2. The van der Waals surface area contributed by atoms with Crippen LogP contribution in [0.25, 0.3) is 0 Å². The summed E-state index contributed by atoms with van der Waals surface area (Å²) < 4.78 is 11.3. The third-order valence-corrected chi connectivity index (χ3v) is 8.04. The lowest BCUT2D eigenvalue weighted by Crippen LogP contribution is -2.24. The first kappa shape index (κ1) is 38.9. The zero-order valence-electron chi connectivity index (χ0n) is 27.4. The number of hydrogen-bond acceptors (Lipinski definition) is 4. The molecule has 0 heterocycles. The molecule has 0 aromatic carbocycles. The Hall–Kier alpha value is -1.06. The number of unbranched alkanes of at least 4 members (excludes halogenated alkanes) is 24. The van der Waals surface area contributed by atoms with Gasteiger partial charge in [0.1, 0.15) is 0 Å². The molecule has 0 N–H and O–H groups in total. The average molecular weight is 567 g/mol. The Labute approximate surface area is 250 Å². The molecule has 0 aromatic heterocycles. The van der Waals surface area contributed by atoms with E-state index in [0.717, 1.165) is 38.5 Å². The highest BCUT2D eigenvalue weighted by Crippen LogP contribution is 2.16. The van der Waals surface area contributed by atoms with Crippen LogP contribution in [0.3, 0.4) is 0 Å². The number of rotatable bonds is 32. The molecule has 0 bridgehead atoms. The number of carbonyl (C=O) groups is 2. The molecule has 0 aliphatic heterocycles. The molecule has 40 heavy (non-hydrogen) atoms. The molecule has 0 saturated carbocycles. The number of ether oxygens (including phenoxy) is 2. The lowest BCUT2D eigenvalue weighted by molar-refractivity contribution is -0.189. The van der Waals surface area contributed by atoms with E-state index in [9.17, 15) is 9.59 Å². The zero-order chi connectivity index (χ0) is 29.4. The van der Waals surface area contributed by atoms with Gasteiger partial charge in [0.25, 0.3) is 0 Å². The maximum absolute atomic E-state index is 12.5. The van der Waals surface area contributed by atoms with Crippen LogP contribution in [-0.2, 0) is 19.1 Å². The van der Waals surface area contributed by atoms with Gasteiger partial charge in [-0.05, 0) is 19.3 Å². The molecule has 0 spiro atoms. The Balaban J connectivity index is 4.03. The van der Waals surface area contributed by atoms with Crippen molar-refractivity contribution in [2.45, 2.75) is 220 Å². The van der Waals surface area contributed by atoms with Gasteiger partial charge in [-0.3, -0.25) is 9.59 Å². The van der Waals surface area contributed by atoms with Crippen LogP contribution in [0.15, 0.2) is 0 Å². The monoisotopic (exact) mass is 567 g/mol. The molecule has 0 aliphatic rings. The van der Waals surface area contributed by atoms with Crippen LogP contribution < -0.4 is 0 Å². The van der Waals surface area contributed by atoms with E-state index in [0.29, 0.717) is 19.3 Å². The van der Waals surface area contributed by atoms with Crippen molar-refractivity contribution in [3.8, 4) is 0 Å². The van der Waals surface area contributed by atoms with E-state index in [1.54, 1.807) is 0 Å². The van der Waals surface area contributed by atoms with E-state index in [-0.39, 0.29) is 11.9 Å². The van der Waals surface area contributed by atoms with Crippen molar-refractivity contribution in [1.82, 2.24) is 0 Å². The minimum Gasteiger partial charge on any atom is -0.425 e. The SMILES string of the molecule is CCCCCCCCCCCCCC(=O)OC(CCCCCCC)OC(=O)CCCCCCCCCCCCC. The molecular formula is C36H70O4. The molecule has 0 fully saturated rings. The molecule has 0 aromatic rings. The summed E-state index contributed by atoms with van der Waals surface area (Å²) in [5, 5.41) is 0. The Kier molecular flexibility index (Phi) is 31.6. The van der Waals surface area contributed by atoms with Gasteiger partial charge in [0.2, 0.25) is 6.29 Å². The van der Waals surface area contributed by atoms with Gasteiger partial charge in [-0.25, -0.2) is 0 Å². The van der Waals surface area contributed by atoms with Gasteiger partial charge in [-0.15, -0.1) is 0 Å². The van der Waals surface area contributed by atoms with Crippen molar-refractivity contribution < 1.29 is 19.1 Å². The summed E-state index contributed by atoms with van der Waals surface area (Å²) >= 11 is 0. The quantitative estimate of drug-likeness (QED) is 0.0461. The first-order chi connectivity index (χ1) is 19.6. The number of hydrogen-bond donors (Lipinski definition) is 0. The van der Waals surface area contributed by atoms with E-state index in [2.05, 4.69) is 20.8 Å². The first-order valence-electron chi connectivity index (χ1n) is 18.0. The summed E-state index contributed by atoms with van der Waals surface area (Å²) in [5.41, 5.74) is 0. The Morgan fingerprint density at radius 3 is 0.925 bits per heavy atom. The lowest BCUT2D eigenvalue weighted by Gasteiger charge is -2.18. The smallest absolute Gasteiger partial charge is 0.308 e. The molecule has 0 amide bonds. The van der Waals surface area contributed by atoms with Gasteiger partial charge in [-0.1, -0.05) is 175 Å². The topological polar surface area (TPSA) is 52.6 Å². The van der Waals surface area contributed by atoms with Gasteiger partial charge >= 0.3 is 11.9 Å². The fourth-order valence-corrected chi connectivity index (χ4v) is 5.33. The van der Waals surface area contributed by atoms with Gasteiger partial charge in [0.15, 0.2) is 0 Å². The normalized spacial score (nSPS) is 11.3. The Morgan fingerprint density at radius 1 is 0.375 bits per heavy atom. The molecular weight excluding hydrogens is 496 g/mol. The highest BCUT2D eigenvalue weighted by atomic mass is 16.7. The molecule has 238 valence electrons. The highest BCUT2D eigenvalue weighted by Gasteiger charge is 2.18. The zero-order valence-corrected chi connectivity index (χ0v) is 27.4. The van der Waals surface area contributed by atoms with Crippen molar-refractivity contribution >= 4 is 11.9 Å². The summed E-state index contributed by atoms with van der Waals surface area (Å²) in [4.78, 5) is 25.0. The Bertz CT molecular complexity index is 493. The van der Waals surface area contributed by atoms with Crippen LogP contribution in [0.2, 0.25) is 0 Å². The molecule has 4 nitrogen and oxygen atoms in total. The third-order valence-electron chi connectivity index (χ3n) is 8.04. The Morgan fingerprint density at radius 2 is 0.625 bits per heavy atom. The van der Waals surface area contributed by atoms with Crippen molar-refractivity contribution in [2.24, 2.45) is 0 Å². The minimum atomic E-state index is -0.706. The van der Waals surface area contributed by atoms with Crippen LogP contribution in [0.1, 0.15) is 213 Å². The maximum Gasteiger partial charge on any atom is 0.308 e. The highest BCUT2D eigenvalue weighted by molar-refractivity contribution is 5.71. The number of carbonyl (C=O) groups excluding carboxylic acids is 2. The summed E-state index contributed by atoms with van der Waals surface area (Å²) in [5.74, 6) is -0.422. The van der Waals surface area contributed by atoms with Crippen molar-refractivity contribution in [3.05, 3.63) is 0 Å². The maximum atomic E-state index is 12.5. The predicted octanol–water partition coefficient (Wildman–Crippen LogP) is 12.2. The van der Waals surface area contributed by atoms with Crippen LogP contribution in [0, 0.1) is 0 Å². The minimum absolute atomic E-state index is 0.211. The van der Waals surface area contributed by atoms with Gasteiger partial charge in [-0.2, -0.15) is 0 Å². The van der Waals surface area contributed by atoms with E-state index in [1.165, 1.54) is 135 Å².